The molecule has 4 aliphatic heterocycles. The maximum atomic E-state index is 14.7. The average molecular weight is 1300 g/mol. The molecule has 4 aromatic rings. The number of aromatic nitrogens is 2. The highest BCUT2D eigenvalue weighted by atomic mass is 32.1. The molecule has 13 atom stereocenters. The molecule has 1 saturated carbocycles. The van der Waals surface area contributed by atoms with Crippen LogP contribution in [0.5, 0.6) is 11.5 Å². The Balaban J connectivity index is 0.950. The van der Waals surface area contributed by atoms with Crippen molar-refractivity contribution < 1.29 is 74.0 Å². The van der Waals surface area contributed by atoms with E-state index >= 15 is 0 Å². The maximum Gasteiger partial charge on any atom is 0.251 e. The first-order valence-corrected chi connectivity index (χ1v) is 32.1. The fourth-order valence-corrected chi connectivity index (χ4v) is 13.4. The number of aromatic hydroxyl groups is 1. The Hall–Kier alpha value is -7.71. The molecule has 0 bridgehead atoms. The van der Waals surface area contributed by atoms with Gasteiger partial charge < -0.3 is 93.2 Å². The molecule has 4 saturated heterocycles. The molecule has 0 radical (unpaired) electrons. The van der Waals surface area contributed by atoms with E-state index in [2.05, 4.69) is 65.3 Å². The number of ether oxygens (including phenoxy) is 1. The summed E-state index contributed by atoms with van der Waals surface area (Å²) in [6.45, 7) is 9.14. The Morgan fingerprint density at radius 3 is 2.02 bits per heavy atom. The van der Waals surface area contributed by atoms with Gasteiger partial charge in [0.25, 0.3) is 5.91 Å². The summed E-state index contributed by atoms with van der Waals surface area (Å²) in [6, 6.07) is 8.13. The Kier molecular flexibility index (Phi) is 23.0. The largest absolute Gasteiger partial charge is 0.504 e. The minimum Gasteiger partial charge on any atom is -0.504 e. The number of nitrogens with zero attached hydrogens (tertiary/aromatic N) is 6. The van der Waals surface area contributed by atoms with Crippen molar-refractivity contribution in [3.63, 3.8) is 0 Å². The zero-order chi connectivity index (χ0) is 66.1. The van der Waals surface area contributed by atoms with Crippen LogP contribution in [0.2, 0.25) is 0 Å². The summed E-state index contributed by atoms with van der Waals surface area (Å²) in [5.74, 6) is -8.62. The number of anilines is 1. The number of nitrogens with two attached hydrogens (primary N) is 2. The second-order valence-corrected chi connectivity index (χ2v) is 25.5. The number of amides is 7. The van der Waals surface area contributed by atoms with Crippen LogP contribution in [0.25, 0.3) is 21.1 Å². The number of β-amino-alcohol motifs (C(OH)–C–C–N with tert-alkyl or cyclic N) is 1. The fraction of sp³-hybridized carbons (Fsp3) is 0.540. The van der Waals surface area contributed by atoms with Gasteiger partial charge in [0.15, 0.2) is 11.5 Å². The lowest BCUT2D eigenvalue weighted by atomic mass is 9.90. The monoisotopic (exact) mass is 1300 g/mol. The van der Waals surface area contributed by atoms with E-state index in [1.54, 1.807) is 12.1 Å². The molecule has 1 aliphatic carbocycles. The van der Waals surface area contributed by atoms with Gasteiger partial charge in [0.2, 0.25) is 35.4 Å². The van der Waals surface area contributed by atoms with Crippen molar-refractivity contribution in [2.75, 3.05) is 70.4 Å². The molecular weight excluding hydrogens is 1210 g/mol. The minimum atomic E-state index is -2.04. The van der Waals surface area contributed by atoms with Crippen molar-refractivity contribution in [1.29, 1.82) is 0 Å². The number of hydrogen-bond acceptors (Lipinski definition) is 22. The van der Waals surface area contributed by atoms with Gasteiger partial charge in [-0.1, -0.05) is 48.6 Å². The number of aliphatic hydroxyl groups is 6. The quantitative estimate of drug-likeness (QED) is 0.0531. The van der Waals surface area contributed by atoms with E-state index in [-0.39, 0.29) is 55.3 Å². The molecule has 16 N–H and O–H groups in total. The first-order valence-electron chi connectivity index (χ1n) is 31.3. The SMILES string of the molecule is C=C1CCC(N2CCN(c3ccc(-c4nnc(-c5ccc(C(=O)N[C@H]6C[C@@H](O)CNC(=O)[C@@H]7[C@@H](O)[C@@H](C)CN7C(=O)[C@H]([C@H](O)CCN)NC(=O)[C@H]([C@H](O)Cc7ccc(O)c(OCCN)c7)NC(=O)[C@@H]7C[C@@H](O)CN7C(=O)[C@H]([C@@H](C)O)NC6=O)cc5)s4)cc3)CC2)CC1. The number of nitrogens with one attached hydrogen (secondary N) is 5. The number of aliphatic hydroxyl groups excluding tert-OH is 6. The van der Waals surface area contributed by atoms with E-state index in [0.717, 1.165) is 67.0 Å². The average Bonchev–Trinajstić information content (AvgIpc) is 1.63. The van der Waals surface area contributed by atoms with Crippen LogP contribution in [0.3, 0.4) is 0 Å². The molecule has 0 unspecified atom stereocenters. The summed E-state index contributed by atoms with van der Waals surface area (Å²) in [6.07, 6.45) is -7.29. The number of fused-ring (bicyclic) bond motifs is 2. The molecule has 3 aromatic carbocycles. The highest BCUT2D eigenvalue weighted by Gasteiger charge is 2.50. The highest BCUT2D eigenvalue weighted by molar-refractivity contribution is 7.17. The Labute approximate surface area is 536 Å². The van der Waals surface area contributed by atoms with Gasteiger partial charge in [-0.15, -0.1) is 10.2 Å². The number of hydrogen-bond donors (Lipinski definition) is 14. The Morgan fingerprint density at radius 2 is 1.38 bits per heavy atom. The molecule has 498 valence electrons. The number of phenolic OH excluding ortho intramolecular Hbond substituents is 1. The second kappa shape index (κ2) is 30.8. The van der Waals surface area contributed by atoms with Crippen LogP contribution in [0.1, 0.15) is 74.7 Å². The lowest BCUT2D eigenvalue weighted by molar-refractivity contribution is -0.147. The topological polar surface area (TPSA) is 421 Å². The predicted molar refractivity (Wildman–Crippen MR) is 337 cm³/mol. The normalized spacial score (nSPS) is 27.2. The molecule has 28 nitrogen and oxygen atoms in total. The molecular formula is C63H85N13O15S. The number of rotatable bonds is 16. The molecule has 0 spiro atoms. The number of phenols is 1. The van der Waals surface area contributed by atoms with Crippen LogP contribution < -0.4 is 47.7 Å². The zero-order valence-corrected chi connectivity index (χ0v) is 52.3. The van der Waals surface area contributed by atoms with E-state index in [0.29, 0.717) is 21.6 Å². The van der Waals surface area contributed by atoms with Crippen molar-refractivity contribution in [2.24, 2.45) is 17.4 Å². The third kappa shape index (κ3) is 16.4. The molecule has 92 heavy (non-hydrogen) atoms. The number of piperazine rings is 1. The summed E-state index contributed by atoms with van der Waals surface area (Å²) < 4.78 is 5.52. The number of allylic oxidation sites excluding steroid dienone is 1. The summed E-state index contributed by atoms with van der Waals surface area (Å²) >= 11 is 1.35. The maximum absolute atomic E-state index is 14.7. The predicted octanol–water partition coefficient (Wildman–Crippen LogP) is -2.17. The third-order valence-corrected chi connectivity index (χ3v) is 18.9. The van der Waals surface area contributed by atoms with Gasteiger partial charge >= 0.3 is 0 Å². The van der Waals surface area contributed by atoms with Crippen molar-refractivity contribution in [1.82, 2.24) is 51.5 Å². The van der Waals surface area contributed by atoms with Crippen LogP contribution in [0.15, 0.2) is 78.9 Å². The highest BCUT2D eigenvalue weighted by Crippen LogP contribution is 2.34. The summed E-state index contributed by atoms with van der Waals surface area (Å²) in [5.41, 5.74) is 15.7. The fourth-order valence-electron chi connectivity index (χ4n) is 12.6. The van der Waals surface area contributed by atoms with Crippen molar-refractivity contribution in [2.45, 2.75) is 144 Å². The first-order chi connectivity index (χ1) is 44.0. The van der Waals surface area contributed by atoms with E-state index < -0.39 is 152 Å². The van der Waals surface area contributed by atoms with Gasteiger partial charge in [-0.25, -0.2) is 0 Å². The smallest absolute Gasteiger partial charge is 0.251 e. The number of benzene rings is 3. The Bertz CT molecular complexity index is 3270. The first kappa shape index (κ1) is 68.7. The molecule has 5 fully saturated rings. The summed E-state index contributed by atoms with van der Waals surface area (Å²) in [7, 11) is 0. The van der Waals surface area contributed by atoms with Crippen LogP contribution in [0, 0.1) is 5.92 Å². The van der Waals surface area contributed by atoms with Gasteiger partial charge in [-0.2, -0.15) is 0 Å². The molecule has 1 aromatic heterocycles. The van der Waals surface area contributed by atoms with Crippen molar-refractivity contribution in [3.8, 4) is 32.6 Å². The van der Waals surface area contributed by atoms with Crippen LogP contribution in [-0.2, 0) is 35.2 Å². The minimum absolute atomic E-state index is 0.00395. The zero-order valence-electron chi connectivity index (χ0n) is 51.5. The summed E-state index contributed by atoms with van der Waals surface area (Å²) in [4.78, 5) is 108. The van der Waals surface area contributed by atoms with Gasteiger partial charge in [-0.05, 0) is 99.7 Å². The van der Waals surface area contributed by atoms with Crippen LogP contribution in [0.4, 0.5) is 5.69 Å². The van der Waals surface area contributed by atoms with Gasteiger partial charge in [0.05, 0.1) is 36.6 Å². The van der Waals surface area contributed by atoms with Gasteiger partial charge in [0.1, 0.15) is 52.9 Å². The lowest BCUT2D eigenvalue weighted by Gasteiger charge is -2.41. The summed E-state index contributed by atoms with van der Waals surface area (Å²) in [5, 5.41) is 102. The van der Waals surface area contributed by atoms with E-state index in [9.17, 15) is 69.3 Å². The van der Waals surface area contributed by atoms with Crippen molar-refractivity contribution >= 4 is 58.4 Å². The Morgan fingerprint density at radius 1 is 0.750 bits per heavy atom. The molecule has 7 amide bonds. The van der Waals surface area contributed by atoms with E-state index in [1.165, 1.54) is 67.0 Å². The van der Waals surface area contributed by atoms with Crippen molar-refractivity contribution in [3.05, 3.63) is 90.0 Å². The molecule has 5 heterocycles. The van der Waals surface area contributed by atoms with Gasteiger partial charge in [0, 0.05) is 106 Å². The lowest BCUT2D eigenvalue weighted by Crippen LogP contribution is -2.64. The standard InChI is InChI=1S/C63H85N13O15S/c1-33-4-13-40(14-5-33)73-21-23-74(24-22-73)41-15-11-39(12-16-41)61-72-71-60(92-61)38-9-7-37(8-10-38)55(84)67-44-28-42(78)30-66-59(88)53-54(83)34(2)31-76(53)63(90)52(47(81)18-19-64)70-58(87)51(48(82)26-36-6-17-46(80)49(27-36)91-25-20-65)69-57(86)45-29-43(79)32-75(45)62(89)50(35(3)77)68-56(44)85/h6-12,15-17,27,34-35,40,42-45,47-48,50-54,77-83H,1,4-5,13-14,18-26,28-32,64-65H2,2-3H3,(H,66,88)(H,67,84)(H,68,85)(H,69,86)(H,70,87)/t34-,35+,42+,43+,44-,45-,47+,48+,50-,51-,52-,53-,54-/m0/s1. The van der Waals surface area contributed by atoms with Crippen LogP contribution in [-0.4, -0.2) is 246 Å². The molecule has 29 heteroatoms. The number of carbonyl (C=O) groups excluding carboxylic acids is 7. The van der Waals surface area contributed by atoms with Gasteiger partial charge in [-0.3, -0.25) is 38.5 Å². The van der Waals surface area contributed by atoms with E-state index in [4.69, 9.17) is 16.2 Å². The third-order valence-electron chi connectivity index (χ3n) is 17.8. The van der Waals surface area contributed by atoms with Crippen LogP contribution >= 0.6 is 11.3 Å². The second-order valence-electron chi connectivity index (χ2n) is 24.6. The van der Waals surface area contributed by atoms with E-state index in [1.807, 2.05) is 12.1 Å². The molecule has 9 rings (SSSR count). The molecule has 5 aliphatic rings. The number of carbonyl (C=O) groups is 7.